The number of hydrogen-bond donors (Lipinski definition) is 1. The number of sulfone groups is 1. The van der Waals surface area contributed by atoms with Gasteiger partial charge in [-0.15, -0.1) is 11.3 Å². The van der Waals surface area contributed by atoms with Gasteiger partial charge in [0.1, 0.15) is 0 Å². The van der Waals surface area contributed by atoms with Crippen molar-refractivity contribution in [2.24, 2.45) is 0 Å². The van der Waals surface area contributed by atoms with E-state index in [1.54, 1.807) is 5.38 Å². The van der Waals surface area contributed by atoms with Crippen molar-refractivity contribution in [2.75, 3.05) is 5.75 Å². The van der Waals surface area contributed by atoms with Crippen LogP contribution >= 0.6 is 11.3 Å². The predicted octanol–water partition coefficient (Wildman–Crippen LogP) is 2.79. The highest BCUT2D eigenvalue weighted by atomic mass is 32.2. The summed E-state index contributed by atoms with van der Waals surface area (Å²) in [6.07, 6.45) is 0. The number of carbonyl (C=O) groups is 1. The fourth-order valence-corrected chi connectivity index (χ4v) is 3.94. The quantitative estimate of drug-likeness (QED) is 0.913. The zero-order valence-electron chi connectivity index (χ0n) is 11.6. The third kappa shape index (κ3) is 3.68. The topological polar surface area (TPSA) is 84.3 Å². The third-order valence-corrected chi connectivity index (χ3v) is 5.87. The lowest BCUT2D eigenvalue weighted by molar-refractivity contribution is -0.134. The SMILES string of the molecule is CC(C)c1ccc(-c2csc(S(=O)(=O)CC(=O)O)n2)cc1. The monoisotopic (exact) mass is 325 g/mol. The van der Waals surface area contributed by atoms with Crippen molar-refractivity contribution in [3.8, 4) is 11.3 Å². The van der Waals surface area contributed by atoms with Gasteiger partial charge in [0.25, 0.3) is 0 Å². The Bertz CT molecular complexity index is 746. The van der Waals surface area contributed by atoms with Crippen molar-refractivity contribution >= 4 is 27.1 Å². The molecule has 0 radical (unpaired) electrons. The van der Waals surface area contributed by atoms with Gasteiger partial charge in [-0.3, -0.25) is 4.79 Å². The summed E-state index contributed by atoms with van der Waals surface area (Å²) in [5.74, 6) is -1.90. The molecule has 21 heavy (non-hydrogen) atoms. The normalized spacial score (nSPS) is 11.8. The Kier molecular flexibility index (Phi) is 4.43. The minimum absolute atomic E-state index is 0.159. The molecule has 0 amide bonds. The molecule has 0 atom stereocenters. The van der Waals surface area contributed by atoms with Crippen molar-refractivity contribution in [2.45, 2.75) is 24.1 Å². The summed E-state index contributed by atoms with van der Waals surface area (Å²) < 4.78 is 23.4. The van der Waals surface area contributed by atoms with Crippen molar-refractivity contribution in [1.82, 2.24) is 4.98 Å². The average Bonchev–Trinajstić information content (AvgIpc) is 2.87. The molecular formula is C14H15NO4S2. The molecule has 1 heterocycles. The number of aliphatic carboxylic acids is 1. The lowest BCUT2D eigenvalue weighted by Gasteiger charge is -2.05. The van der Waals surface area contributed by atoms with Crippen LogP contribution in [0.15, 0.2) is 34.0 Å². The van der Waals surface area contributed by atoms with Gasteiger partial charge in [-0.25, -0.2) is 13.4 Å². The van der Waals surface area contributed by atoms with Gasteiger partial charge in [0.2, 0.25) is 14.2 Å². The molecule has 5 nitrogen and oxygen atoms in total. The first-order valence-corrected chi connectivity index (χ1v) is 8.83. The summed E-state index contributed by atoms with van der Waals surface area (Å²) in [7, 11) is -3.86. The van der Waals surface area contributed by atoms with E-state index in [2.05, 4.69) is 18.8 Å². The fraction of sp³-hybridized carbons (Fsp3) is 0.286. The Morgan fingerprint density at radius 3 is 2.43 bits per heavy atom. The zero-order valence-corrected chi connectivity index (χ0v) is 13.2. The summed E-state index contributed by atoms with van der Waals surface area (Å²) in [5, 5.41) is 10.2. The molecule has 1 aromatic heterocycles. The highest BCUT2D eigenvalue weighted by Gasteiger charge is 2.22. The molecule has 0 unspecified atom stereocenters. The highest BCUT2D eigenvalue weighted by Crippen LogP contribution is 2.26. The molecule has 0 saturated carbocycles. The van der Waals surface area contributed by atoms with Gasteiger partial charge in [0.15, 0.2) is 5.75 Å². The molecule has 0 aliphatic rings. The van der Waals surface area contributed by atoms with E-state index in [0.717, 1.165) is 16.9 Å². The summed E-state index contributed by atoms with van der Waals surface area (Å²) in [6, 6.07) is 7.73. The Balaban J connectivity index is 2.29. The number of carboxylic acids is 1. The maximum atomic E-state index is 11.8. The Hall–Kier alpha value is -1.73. The number of benzene rings is 1. The van der Waals surface area contributed by atoms with Gasteiger partial charge in [-0.2, -0.15) is 0 Å². The van der Waals surface area contributed by atoms with Gasteiger partial charge in [0, 0.05) is 10.9 Å². The molecule has 1 aromatic carbocycles. The largest absolute Gasteiger partial charge is 0.480 e. The summed E-state index contributed by atoms with van der Waals surface area (Å²) in [6.45, 7) is 4.18. The molecule has 1 N–H and O–H groups in total. The first-order chi connectivity index (χ1) is 9.79. The summed E-state index contributed by atoms with van der Waals surface area (Å²) >= 11 is 0.941. The summed E-state index contributed by atoms with van der Waals surface area (Å²) in [4.78, 5) is 14.6. The first kappa shape index (κ1) is 15.7. The van der Waals surface area contributed by atoms with Crippen LogP contribution in [-0.2, 0) is 14.6 Å². The van der Waals surface area contributed by atoms with Gasteiger partial charge in [-0.1, -0.05) is 38.1 Å². The van der Waals surface area contributed by atoms with Crippen LogP contribution in [0.4, 0.5) is 0 Å². The van der Waals surface area contributed by atoms with Crippen LogP contribution in [0.1, 0.15) is 25.3 Å². The van der Waals surface area contributed by atoms with Crippen LogP contribution in [0.5, 0.6) is 0 Å². The number of nitrogens with zero attached hydrogens (tertiary/aromatic N) is 1. The lowest BCUT2D eigenvalue weighted by Crippen LogP contribution is -2.15. The molecular weight excluding hydrogens is 310 g/mol. The zero-order chi connectivity index (χ0) is 15.6. The second-order valence-electron chi connectivity index (χ2n) is 4.93. The van der Waals surface area contributed by atoms with Crippen molar-refractivity contribution in [3.05, 3.63) is 35.2 Å². The average molecular weight is 325 g/mol. The maximum absolute atomic E-state index is 11.8. The van der Waals surface area contributed by atoms with E-state index in [0.29, 0.717) is 11.6 Å². The van der Waals surface area contributed by atoms with Crippen LogP contribution in [0.25, 0.3) is 11.3 Å². The minimum atomic E-state index is -3.86. The molecule has 0 aliphatic carbocycles. The van der Waals surface area contributed by atoms with Crippen molar-refractivity contribution < 1.29 is 18.3 Å². The smallest absolute Gasteiger partial charge is 0.319 e. The van der Waals surface area contributed by atoms with Gasteiger partial charge in [-0.05, 0) is 11.5 Å². The van der Waals surface area contributed by atoms with Crippen LogP contribution in [0.2, 0.25) is 0 Å². The van der Waals surface area contributed by atoms with Gasteiger partial charge < -0.3 is 5.11 Å². The second-order valence-corrected chi connectivity index (χ2v) is 7.95. The Labute approximate surface area is 127 Å². The molecule has 112 valence electrons. The third-order valence-electron chi connectivity index (χ3n) is 2.94. The van der Waals surface area contributed by atoms with E-state index >= 15 is 0 Å². The Morgan fingerprint density at radius 2 is 1.90 bits per heavy atom. The fourth-order valence-electron chi connectivity index (χ4n) is 1.80. The van der Waals surface area contributed by atoms with E-state index < -0.39 is 21.6 Å². The minimum Gasteiger partial charge on any atom is -0.480 e. The summed E-state index contributed by atoms with van der Waals surface area (Å²) in [5.41, 5.74) is 2.54. The standard InChI is InChI=1S/C14H15NO4S2/c1-9(2)10-3-5-11(6-4-10)12-7-20-14(15-12)21(18,19)8-13(16)17/h3-7,9H,8H2,1-2H3,(H,16,17). The second kappa shape index (κ2) is 5.95. The van der Waals surface area contributed by atoms with E-state index in [-0.39, 0.29) is 4.34 Å². The molecule has 7 heteroatoms. The molecule has 2 aromatic rings. The van der Waals surface area contributed by atoms with Gasteiger partial charge >= 0.3 is 5.97 Å². The lowest BCUT2D eigenvalue weighted by atomic mass is 10.0. The van der Waals surface area contributed by atoms with E-state index in [4.69, 9.17) is 5.11 Å². The molecule has 0 spiro atoms. The van der Waals surface area contributed by atoms with E-state index in [1.807, 2.05) is 24.3 Å². The molecule has 2 rings (SSSR count). The number of aromatic nitrogens is 1. The number of carboxylic acid groups (broad SMARTS) is 1. The van der Waals surface area contributed by atoms with Crippen LogP contribution < -0.4 is 0 Å². The number of rotatable bonds is 5. The van der Waals surface area contributed by atoms with E-state index in [1.165, 1.54) is 5.56 Å². The van der Waals surface area contributed by atoms with Crippen molar-refractivity contribution in [3.63, 3.8) is 0 Å². The maximum Gasteiger partial charge on any atom is 0.319 e. The van der Waals surface area contributed by atoms with Gasteiger partial charge in [0.05, 0.1) is 5.69 Å². The van der Waals surface area contributed by atoms with E-state index in [9.17, 15) is 13.2 Å². The first-order valence-electron chi connectivity index (χ1n) is 6.30. The number of thiazole rings is 1. The molecule has 0 aliphatic heterocycles. The molecule has 0 bridgehead atoms. The van der Waals surface area contributed by atoms with Crippen LogP contribution in [0, 0.1) is 0 Å². The van der Waals surface area contributed by atoms with Crippen LogP contribution in [-0.4, -0.2) is 30.2 Å². The molecule has 0 fully saturated rings. The Morgan fingerprint density at radius 1 is 1.29 bits per heavy atom. The highest BCUT2D eigenvalue weighted by molar-refractivity contribution is 7.93. The molecule has 0 saturated heterocycles. The van der Waals surface area contributed by atoms with Crippen LogP contribution in [0.3, 0.4) is 0 Å². The number of hydrogen-bond acceptors (Lipinski definition) is 5. The van der Waals surface area contributed by atoms with Crippen molar-refractivity contribution in [1.29, 1.82) is 0 Å². The predicted molar refractivity (Wildman–Crippen MR) is 81.3 cm³/mol.